The van der Waals surface area contributed by atoms with Gasteiger partial charge in [-0.15, -0.1) is 5.48 Å². The van der Waals surface area contributed by atoms with Crippen molar-refractivity contribution in [2.45, 2.75) is 38.5 Å². The van der Waals surface area contributed by atoms with Gasteiger partial charge < -0.3 is 9.57 Å². The molecule has 0 bridgehead atoms. The van der Waals surface area contributed by atoms with Crippen LogP contribution in [0.3, 0.4) is 0 Å². The number of rotatable bonds is 8. The minimum absolute atomic E-state index is 0.00646. The molecule has 0 aromatic heterocycles. The van der Waals surface area contributed by atoms with Gasteiger partial charge in [0.05, 0.1) is 6.67 Å². The van der Waals surface area contributed by atoms with Crippen molar-refractivity contribution in [1.82, 2.24) is 5.48 Å². The fraction of sp³-hybridized carbons (Fsp3) is 0.467. The molecule has 1 aromatic carbocycles. The number of ether oxygens (including phenoxy) is 1. The van der Waals surface area contributed by atoms with E-state index in [1.807, 2.05) is 6.07 Å². The predicted molar refractivity (Wildman–Crippen MR) is 75.2 cm³/mol. The van der Waals surface area contributed by atoms with E-state index in [1.165, 1.54) is 0 Å². The molecule has 0 spiro atoms. The molecule has 0 aliphatic heterocycles. The molecule has 0 aliphatic rings. The van der Waals surface area contributed by atoms with Gasteiger partial charge in [0.25, 0.3) is 0 Å². The van der Waals surface area contributed by atoms with Crippen molar-refractivity contribution in [2.24, 2.45) is 0 Å². The average molecular weight is 315 g/mol. The number of hydrogen-bond acceptors (Lipinski definition) is 4. The van der Waals surface area contributed by atoms with Gasteiger partial charge in [-0.25, -0.2) is 14.0 Å². The van der Waals surface area contributed by atoms with Gasteiger partial charge in [0, 0.05) is 0 Å². The second kappa shape index (κ2) is 10.5. The first-order valence-electron chi connectivity index (χ1n) is 7.01. The first-order valence-corrected chi connectivity index (χ1v) is 7.01. The standard InChI is InChI=1S/C15H19F2NO4/c16-10-6-2-5-9-13(17)14(19)22-18-15(20)21-11-12-7-3-1-4-8-12/h1,3-4,7-8,13H,2,5-6,9-11H2,(H,18,20). The van der Waals surface area contributed by atoms with Crippen molar-refractivity contribution in [1.29, 1.82) is 0 Å². The number of hydroxylamine groups is 1. The van der Waals surface area contributed by atoms with E-state index in [1.54, 1.807) is 29.7 Å². The Morgan fingerprint density at radius 3 is 2.55 bits per heavy atom. The highest BCUT2D eigenvalue weighted by molar-refractivity contribution is 5.76. The van der Waals surface area contributed by atoms with Crippen molar-refractivity contribution in [2.75, 3.05) is 6.67 Å². The van der Waals surface area contributed by atoms with E-state index in [9.17, 15) is 18.4 Å². The van der Waals surface area contributed by atoms with Crippen LogP contribution in [-0.2, 0) is 21.0 Å². The normalized spacial score (nSPS) is 11.5. The summed E-state index contributed by atoms with van der Waals surface area (Å²) in [4.78, 5) is 26.8. The number of carbonyl (C=O) groups excluding carboxylic acids is 2. The summed E-state index contributed by atoms with van der Waals surface area (Å²) in [6, 6.07) is 8.91. The molecule has 0 radical (unpaired) electrons. The van der Waals surface area contributed by atoms with Crippen LogP contribution < -0.4 is 5.48 Å². The molecule has 0 heterocycles. The zero-order valence-corrected chi connectivity index (χ0v) is 12.1. The van der Waals surface area contributed by atoms with Gasteiger partial charge in [-0.05, 0) is 24.8 Å². The summed E-state index contributed by atoms with van der Waals surface area (Å²) in [5.41, 5.74) is 2.49. The molecule has 0 saturated carbocycles. The lowest BCUT2D eigenvalue weighted by molar-refractivity contribution is -0.156. The van der Waals surface area contributed by atoms with E-state index in [0.29, 0.717) is 19.3 Å². The number of hydrogen-bond donors (Lipinski definition) is 1. The molecule has 1 N–H and O–H groups in total. The van der Waals surface area contributed by atoms with Gasteiger partial charge in [0.1, 0.15) is 6.61 Å². The minimum atomic E-state index is -1.85. The summed E-state index contributed by atoms with van der Waals surface area (Å²) < 4.78 is 30.0. The highest BCUT2D eigenvalue weighted by atomic mass is 19.1. The summed E-state index contributed by atoms with van der Waals surface area (Å²) in [7, 11) is 0. The molecule has 1 rings (SSSR count). The van der Waals surface area contributed by atoms with Crippen molar-refractivity contribution < 1.29 is 27.9 Å². The Hall–Kier alpha value is -2.18. The van der Waals surface area contributed by atoms with Gasteiger partial charge in [-0.2, -0.15) is 0 Å². The molecule has 1 amide bonds. The van der Waals surface area contributed by atoms with Crippen LogP contribution in [0.2, 0.25) is 0 Å². The molecule has 7 heteroatoms. The number of benzene rings is 1. The zero-order chi connectivity index (χ0) is 16.2. The Balaban J connectivity index is 2.15. The quantitative estimate of drug-likeness (QED) is 0.591. The van der Waals surface area contributed by atoms with Crippen LogP contribution in [0.4, 0.5) is 13.6 Å². The Morgan fingerprint density at radius 1 is 1.14 bits per heavy atom. The molecule has 1 atom stereocenters. The van der Waals surface area contributed by atoms with Gasteiger partial charge in [-0.1, -0.05) is 36.8 Å². The molecule has 22 heavy (non-hydrogen) atoms. The maximum atomic E-state index is 13.4. The second-order valence-electron chi connectivity index (χ2n) is 4.59. The van der Waals surface area contributed by atoms with Crippen LogP contribution in [0.5, 0.6) is 0 Å². The van der Waals surface area contributed by atoms with Crippen molar-refractivity contribution in [3.8, 4) is 0 Å². The summed E-state index contributed by atoms with van der Waals surface area (Å²) in [5, 5.41) is 0. The fourth-order valence-corrected chi connectivity index (χ4v) is 1.62. The van der Waals surface area contributed by atoms with E-state index in [0.717, 1.165) is 5.56 Å². The van der Waals surface area contributed by atoms with E-state index in [4.69, 9.17) is 4.74 Å². The number of alkyl halides is 2. The van der Waals surface area contributed by atoms with Crippen LogP contribution in [0.15, 0.2) is 30.3 Å². The maximum Gasteiger partial charge on any atom is 0.441 e. The smallest absolute Gasteiger partial charge is 0.441 e. The molecular weight excluding hydrogens is 296 g/mol. The molecule has 0 fully saturated rings. The van der Waals surface area contributed by atoms with E-state index in [-0.39, 0.29) is 13.0 Å². The van der Waals surface area contributed by atoms with Crippen LogP contribution in [0.1, 0.15) is 31.2 Å². The third-order valence-corrected chi connectivity index (χ3v) is 2.79. The average Bonchev–Trinajstić information content (AvgIpc) is 2.55. The van der Waals surface area contributed by atoms with Crippen molar-refractivity contribution >= 4 is 12.1 Å². The van der Waals surface area contributed by atoms with Crippen molar-refractivity contribution in [3.05, 3.63) is 35.9 Å². The Labute approximate surface area is 127 Å². The lowest BCUT2D eigenvalue weighted by atomic mass is 10.1. The topological polar surface area (TPSA) is 64.6 Å². The SMILES string of the molecule is O=C(NOC(=O)C(F)CCCCCF)OCc1ccccc1. The zero-order valence-electron chi connectivity index (χ0n) is 12.1. The minimum Gasteiger partial charge on any atom is -0.443 e. The molecule has 0 aliphatic carbocycles. The van der Waals surface area contributed by atoms with Gasteiger partial charge in [0.15, 0.2) is 6.17 Å². The Kier molecular flexibility index (Phi) is 8.56. The first kappa shape index (κ1) is 17.9. The second-order valence-corrected chi connectivity index (χ2v) is 4.59. The van der Waals surface area contributed by atoms with Gasteiger partial charge >= 0.3 is 12.1 Å². The van der Waals surface area contributed by atoms with Gasteiger partial charge in [-0.3, -0.25) is 4.39 Å². The summed E-state index contributed by atoms with van der Waals surface area (Å²) in [5.74, 6) is -1.20. The van der Waals surface area contributed by atoms with E-state index in [2.05, 4.69) is 4.84 Å². The highest BCUT2D eigenvalue weighted by Gasteiger charge is 2.20. The van der Waals surface area contributed by atoms with Crippen molar-refractivity contribution in [3.63, 3.8) is 0 Å². The lowest BCUT2D eigenvalue weighted by Gasteiger charge is -2.09. The molecule has 1 unspecified atom stereocenters. The number of amides is 1. The molecule has 1 aromatic rings. The Bertz CT molecular complexity index is 456. The first-order chi connectivity index (χ1) is 10.6. The van der Waals surface area contributed by atoms with Crippen LogP contribution in [0, 0.1) is 0 Å². The third-order valence-electron chi connectivity index (χ3n) is 2.79. The van der Waals surface area contributed by atoms with Crippen LogP contribution in [0.25, 0.3) is 0 Å². The number of unbranched alkanes of at least 4 members (excludes halogenated alkanes) is 2. The molecule has 5 nitrogen and oxygen atoms in total. The van der Waals surface area contributed by atoms with Crippen LogP contribution in [-0.4, -0.2) is 24.9 Å². The molecule has 122 valence electrons. The number of carbonyl (C=O) groups is 2. The lowest BCUT2D eigenvalue weighted by Crippen LogP contribution is -2.31. The van der Waals surface area contributed by atoms with Gasteiger partial charge in [0.2, 0.25) is 0 Å². The molecule has 0 saturated heterocycles. The Morgan fingerprint density at radius 2 is 1.86 bits per heavy atom. The largest absolute Gasteiger partial charge is 0.443 e. The summed E-state index contributed by atoms with van der Waals surface area (Å²) >= 11 is 0. The molecular formula is C15H19F2NO4. The summed E-state index contributed by atoms with van der Waals surface area (Å²) in [6.07, 6.45) is -1.70. The predicted octanol–water partition coefficient (Wildman–Crippen LogP) is 3.24. The monoisotopic (exact) mass is 315 g/mol. The summed E-state index contributed by atoms with van der Waals surface area (Å²) in [6.45, 7) is -0.456. The van der Waals surface area contributed by atoms with E-state index < -0.39 is 24.9 Å². The van der Waals surface area contributed by atoms with E-state index >= 15 is 0 Å². The fourth-order valence-electron chi connectivity index (χ4n) is 1.62. The third kappa shape index (κ3) is 7.56. The highest BCUT2D eigenvalue weighted by Crippen LogP contribution is 2.08. The van der Waals surface area contributed by atoms with Crippen LogP contribution >= 0.6 is 0 Å². The maximum absolute atomic E-state index is 13.4. The number of halogens is 2. The number of nitrogens with one attached hydrogen (secondary N) is 1.